The summed E-state index contributed by atoms with van der Waals surface area (Å²) in [5, 5.41) is 0.711. The Morgan fingerprint density at radius 2 is 1.73 bits per heavy atom. The van der Waals surface area contributed by atoms with E-state index in [1.165, 1.54) is 5.56 Å². The Morgan fingerprint density at radius 1 is 1.00 bits per heavy atom. The summed E-state index contributed by atoms with van der Waals surface area (Å²) in [4.78, 5) is 24.4. The minimum Gasteiger partial charge on any atom is -0.342 e. The molecule has 174 valence electrons. The summed E-state index contributed by atoms with van der Waals surface area (Å²) in [6.45, 7) is 9.12. The van der Waals surface area contributed by atoms with Crippen LogP contribution in [0.15, 0.2) is 48.5 Å². The zero-order valence-electron chi connectivity index (χ0n) is 19.3. The van der Waals surface area contributed by atoms with E-state index >= 15 is 0 Å². The van der Waals surface area contributed by atoms with Crippen molar-refractivity contribution in [1.82, 2.24) is 24.3 Å². The number of likely N-dealkylation sites (tertiary alicyclic amines) is 1. The molecular weight excluding hydrogens is 434 g/mol. The first-order chi connectivity index (χ1) is 16.1. The lowest BCUT2D eigenvalue weighted by Crippen LogP contribution is -2.50. The molecule has 0 spiro atoms. The molecule has 1 unspecified atom stereocenters. The second-order valence-electron chi connectivity index (χ2n) is 9.25. The maximum atomic E-state index is 12.5. The van der Waals surface area contributed by atoms with Crippen LogP contribution in [0.2, 0.25) is 5.02 Å². The van der Waals surface area contributed by atoms with Gasteiger partial charge in [0.15, 0.2) is 0 Å². The van der Waals surface area contributed by atoms with Gasteiger partial charge in [-0.05, 0) is 43.5 Å². The number of piperazine rings is 1. The summed E-state index contributed by atoms with van der Waals surface area (Å²) in [5.41, 5.74) is 3.31. The fourth-order valence-corrected chi connectivity index (χ4v) is 5.27. The van der Waals surface area contributed by atoms with E-state index in [-0.39, 0.29) is 11.9 Å². The summed E-state index contributed by atoms with van der Waals surface area (Å²) >= 11 is 6.28. The Kier molecular flexibility index (Phi) is 6.67. The molecule has 0 radical (unpaired) electrons. The van der Waals surface area contributed by atoms with Crippen molar-refractivity contribution in [3.05, 3.63) is 64.9 Å². The van der Waals surface area contributed by atoms with Gasteiger partial charge in [-0.15, -0.1) is 0 Å². The lowest BCUT2D eigenvalue weighted by atomic mass is 10.2. The van der Waals surface area contributed by atoms with E-state index in [0.717, 1.165) is 75.5 Å². The number of aromatic nitrogens is 2. The minimum absolute atomic E-state index is 0.177. The van der Waals surface area contributed by atoms with Crippen LogP contribution in [0.25, 0.3) is 11.0 Å². The van der Waals surface area contributed by atoms with Gasteiger partial charge in [-0.1, -0.05) is 41.9 Å². The molecule has 2 aliphatic heterocycles. The number of imidazole rings is 1. The molecule has 5 rings (SSSR count). The number of fused-ring (bicyclic) bond motifs is 1. The number of benzene rings is 2. The van der Waals surface area contributed by atoms with Gasteiger partial charge in [-0.3, -0.25) is 14.6 Å². The van der Waals surface area contributed by atoms with Gasteiger partial charge in [0, 0.05) is 50.8 Å². The van der Waals surface area contributed by atoms with E-state index in [0.29, 0.717) is 11.6 Å². The smallest absolute Gasteiger partial charge is 0.236 e. The predicted octanol–water partition coefficient (Wildman–Crippen LogP) is 4.04. The number of amides is 1. The summed E-state index contributed by atoms with van der Waals surface area (Å²) < 4.78 is 2.33. The third-order valence-corrected chi connectivity index (χ3v) is 7.30. The van der Waals surface area contributed by atoms with Gasteiger partial charge in [-0.25, -0.2) is 4.98 Å². The number of halogens is 1. The van der Waals surface area contributed by atoms with E-state index in [1.807, 2.05) is 23.1 Å². The standard InChI is InChI=1S/C26H32ClN5O/c1-20(30-15-13-29(14-16-30)19-25(33)31-11-5-6-12-31)26-28-23-17-22(27)9-10-24(23)32(26)18-21-7-3-2-4-8-21/h2-4,7-10,17,20H,5-6,11-16,18-19H2,1H3. The van der Waals surface area contributed by atoms with Gasteiger partial charge in [0.1, 0.15) is 5.82 Å². The molecule has 3 aromatic rings. The second-order valence-corrected chi connectivity index (χ2v) is 9.69. The number of carbonyl (C=O) groups excluding carboxylic acids is 1. The molecule has 2 saturated heterocycles. The van der Waals surface area contributed by atoms with E-state index in [2.05, 4.69) is 51.6 Å². The van der Waals surface area contributed by atoms with E-state index in [1.54, 1.807) is 0 Å². The van der Waals surface area contributed by atoms with Gasteiger partial charge < -0.3 is 9.47 Å². The summed E-state index contributed by atoms with van der Waals surface area (Å²) in [6.07, 6.45) is 2.29. The van der Waals surface area contributed by atoms with Gasteiger partial charge in [0.2, 0.25) is 5.91 Å². The van der Waals surface area contributed by atoms with Crippen molar-refractivity contribution in [3.63, 3.8) is 0 Å². The van der Waals surface area contributed by atoms with E-state index in [9.17, 15) is 4.79 Å². The molecule has 1 atom stereocenters. The molecule has 0 aliphatic carbocycles. The summed E-state index contributed by atoms with van der Waals surface area (Å²) in [5.74, 6) is 1.35. The van der Waals surface area contributed by atoms with E-state index in [4.69, 9.17) is 16.6 Å². The number of hydrogen-bond acceptors (Lipinski definition) is 4. The van der Waals surface area contributed by atoms with Crippen LogP contribution in [0.4, 0.5) is 0 Å². The average Bonchev–Trinajstić information content (AvgIpc) is 3.48. The Labute approximate surface area is 200 Å². The first kappa shape index (κ1) is 22.4. The quantitative estimate of drug-likeness (QED) is 0.551. The highest BCUT2D eigenvalue weighted by Crippen LogP contribution is 2.28. The highest BCUT2D eigenvalue weighted by Gasteiger charge is 2.28. The molecule has 33 heavy (non-hydrogen) atoms. The van der Waals surface area contributed by atoms with Crippen LogP contribution >= 0.6 is 11.6 Å². The van der Waals surface area contributed by atoms with Crippen LogP contribution in [-0.2, 0) is 11.3 Å². The fraction of sp³-hybridized carbons (Fsp3) is 0.462. The molecule has 1 amide bonds. The second kappa shape index (κ2) is 9.84. The van der Waals surface area contributed by atoms with E-state index < -0.39 is 0 Å². The van der Waals surface area contributed by atoms with Gasteiger partial charge in [-0.2, -0.15) is 0 Å². The molecule has 2 fully saturated rings. The van der Waals surface area contributed by atoms with Crippen molar-refractivity contribution >= 4 is 28.5 Å². The number of nitrogens with zero attached hydrogens (tertiary/aromatic N) is 5. The SMILES string of the molecule is CC(c1nc2cc(Cl)ccc2n1Cc1ccccc1)N1CCN(CC(=O)N2CCCC2)CC1. The van der Waals surface area contributed by atoms with Crippen LogP contribution in [-0.4, -0.2) is 76.0 Å². The molecule has 3 heterocycles. The summed E-state index contributed by atoms with van der Waals surface area (Å²) in [6, 6.07) is 16.7. The topological polar surface area (TPSA) is 44.6 Å². The normalized spacial score (nSPS) is 18.8. The van der Waals surface area contributed by atoms with Crippen LogP contribution in [0, 0.1) is 0 Å². The zero-order valence-corrected chi connectivity index (χ0v) is 20.0. The number of rotatable bonds is 6. The minimum atomic E-state index is 0.177. The Hall–Kier alpha value is -2.41. The zero-order chi connectivity index (χ0) is 22.8. The van der Waals surface area contributed by atoms with Gasteiger partial charge in [0.25, 0.3) is 0 Å². The maximum absolute atomic E-state index is 12.5. The van der Waals surface area contributed by atoms with Crippen LogP contribution in [0.5, 0.6) is 0 Å². The Bertz CT molecular complexity index is 1100. The maximum Gasteiger partial charge on any atom is 0.236 e. The molecule has 0 N–H and O–H groups in total. The van der Waals surface area contributed by atoms with Gasteiger partial charge >= 0.3 is 0 Å². The third-order valence-electron chi connectivity index (χ3n) is 7.07. The molecule has 0 saturated carbocycles. The van der Waals surface area contributed by atoms with Crippen molar-refractivity contribution in [3.8, 4) is 0 Å². The molecule has 7 heteroatoms. The first-order valence-corrected chi connectivity index (χ1v) is 12.4. The average molecular weight is 466 g/mol. The fourth-order valence-electron chi connectivity index (χ4n) is 5.10. The van der Waals surface area contributed by atoms with Crippen molar-refractivity contribution in [1.29, 1.82) is 0 Å². The van der Waals surface area contributed by atoms with Crippen molar-refractivity contribution < 1.29 is 4.79 Å². The molecule has 2 aliphatic rings. The lowest BCUT2D eigenvalue weighted by Gasteiger charge is -2.38. The number of carbonyl (C=O) groups is 1. The largest absolute Gasteiger partial charge is 0.342 e. The van der Waals surface area contributed by atoms with Crippen LogP contribution in [0.3, 0.4) is 0 Å². The van der Waals surface area contributed by atoms with Crippen LogP contribution < -0.4 is 0 Å². The van der Waals surface area contributed by atoms with Gasteiger partial charge in [0.05, 0.1) is 23.6 Å². The highest BCUT2D eigenvalue weighted by atomic mass is 35.5. The Morgan fingerprint density at radius 3 is 2.45 bits per heavy atom. The molecular formula is C26H32ClN5O. The van der Waals surface area contributed by atoms with Crippen LogP contribution in [0.1, 0.15) is 37.2 Å². The van der Waals surface area contributed by atoms with Crippen molar-refractivity contribution in [2.45, 2.75) is 32.4 Å². The summed E-state index contributed by atoms with van der Waals surface area (Å²) in [7, 11) is 0. The molecule has 1 aromatic heterocycles. The monoisotopic (exact) mass is 465 g/mol. The lowest BCUT2D eigenvalue weighted by molar-refractivity contribution is -0.131. The number of hydrogen-bond donors (Lipinski definition) is 0. The Balaban J connectivity index is 1.31. The van der Waals surface area contributed by atoms with Crippen molar-refractivity contribution in [2.75, 3.05) is 45.8 Å². The predicted molar refractivity (Wildman–Crippen MR) is 133 cm³/mol. The highest BCUT2D eigenvalue weighted by molar-refractivity contribution is 6.31. The third kappa shape index (κ3) is 4.93. The molecule has 2 aromatic carbocycles. The van der Waals surface area contributed by atoms with Crippen molar-refractivity contribution in [2.24, 2.45) is 0 Å². The molecule has 0 bridgehead atoms. The molecule has 6 nitrogen and oxygen atoms in total. The first-order valence-electron chi connectivity index (χ1n) is 12.0.